The lowest BCUT2D eigenvalue weighted by Gasteiger charge is -2.13. The highest BCUT2D eigenvalue weighted by Gasteiger charge is 2.19. The summed E-state index contributed by atoms with van der Waals surface area (Å²) in [6.45, 7) is 9.75. The summed E-state index contributed by atoms with van der Waals surface area (Å²) in [5.74, 6) is -2.88. The summed E-state index contributed by atoms with van der Waals surface area (Å²) in [6, 6.07) is 41.1. The van der Waals surface area contributed by atoms with Gasteiger partial charge in [0.05, 0.1) is 0 Å². The Morgan fingerprint density at radius 3 is 1.02 bits per heavy atom. The van der Waals surface area contributed by atoms with Crippen molar-refractivity contribution in [2.75, 3.05) is 31.9 Å². The first-order chi connectivity index (χ1) is 30.6. The predicted molar refractivity (Wildman–Crippen MR) is 251 cm³/mol. The summed E-state index contributed by atoms with van der Waals surface area (Å²) in [7, 11) is 0. The zero-order valence-electron chi connectivity index (χ0n) is 34.7. The molecule has 6 aromatic rings. The van der Waals surface area contributed by atoms with Gasteiger partial charge in [-0.3, -0.25) is 28.8 Å². The maximum absolute atomic E-state index is 13.9. The minimum absolute atomic E-state index is 0.0127. The average Bonchev–Trinajstić information content (AvgIpc) is 3.30. The van der Waals surface area contributed by atoms with Crippen LogP contribution in [0, 0.1) is 0 Å². The standard InChI is InChI=1S/C49H42N6O6.C2H4/c1-3-14-32(15-4-2)44(56)50-38-20-11-23-41(29-38)53-47(59)35-26-36(48(60)54-42-24-12-21-39(30-42)51-45(57)33-16-7-5-8-17-33)28-37(27-35)49(61)55-43-25-13-22-40(31-43)52-46(58)34-18-9-6-10-19-34;1-2/h3,5-31H,4H2,1-2H3,(H,50,56)(H,51,57)(H,52,58)(H,53,59)(H,54,60)(H,55,61);1-2H2/b14-3-,32-15+;. The lowest BCUT2D eigenvalue weighted by Crippen LogP contribution is -2.20. The summed E-state index contributed by atoms with van der Waals surface area (Å²) in [5.41, 5.74) is 3.70. The van der Waals surface area contributed by atoms with Gasteiger partial charge < -0.3 is 31.9 Å². The third kappa shape index (κ3) is 13.2. The molecule has 0 heterocycles. The van der Waals surface area contributed by atoms with Crippen LogP contribution >= 0.6 is 0 Å². The zero-order valence-corrected chi connectivity index (χ0v) is 34.7. The van der Waals surface area contributed by atoms with E-state index < -0.39 is 17.7 Å². The van der Waals surface area contributed by atoms with Crippen molar-refractivity contribution in [2.24, 2.45) is 0 Å². The number of anilines is 6. The van der Waals surface area contributed by atoms with Gasteiger partial charge in [-0.15, -0.1) is 13.2 Å². The number of carbonyl (C=O) groups excluding carboxylic acids is 6. The first kappa shape index (κ1) is 45.4. The number of carbonyl (C=O) groups is 6. The van der Waals surface area contributed by atoms with Gasteiger partial charge in [-0.2, -0.15) is 0 Å². The van der Waals surface area contributed by atoms with Crippen molar-refractivity contribution in [3.8, 4) is 0 Å². The monoisotopic (exact) mass is 838 g/mol. The van der Waals surface area contributed by atoms with E-state index in [0.717, 1.165) is 0 Å². The highest BCUT2D eigenvalue weighted by molar-refractivity contribution is 6.14. The van der Waals surface area contributed by atoms with Crippen LogP contribution in [-0.2, 0) is 4.79 Å². The molecule has 6 aromatic carbocycles. The Balaban J connectivity index is 0.00000369. The molecular weight excluding hydrogens is 793 g/mol. The van der Waals surface area contributed by atoms with Crippen LogP contribution in [0.5, 0.6) is 0 Å². The molecule has 0 unspecified atom stereocenters. The summed E-state index contributed by atoms with van der Waals surface area (Å²) >= 11 is 0. The van der Waals surface area contributed by atoms with E-state index in [1.165, 1.54) is 18.2 Å². The Labute approximate surface area is 365 Å². The molecule has 0 aromatic heterocycles. The maximum atomic E-state index is 13.9. The molecule has 0 radical (unpaired) electrons. The summed E-state index contributed by atoms with van der Waals surface area (Å²) in [4.78, 5) is 80.0. The summed E-state index contributed by atoms with van der Waals surface area (Å²) < 4.78 is 0. The molecule has 0 aliphatic heterocycles. The van der Waals surface area contributed by atoms with Gasteiger partial charge in [-0.25, -0.2) is 0 Å². The van der Waals surface area contributed by atoms with E-state index in [1.54, 1.807) is 152 Å². The van der Waals surface area contributed by atoms with Crippen molar-refractivity contribution < 1.29 is 28.8 Å². The van der Waals surface area contributed by atoms with Crippen LogP contribution < -0.4 is 31.9 Å². The molecule has 0 atom stereocenters. The molecule has 12 nitrogen and oxygen atoms in total. The number of benzene rings is 6. The van der Waals surface area contributed by atoms with Crippen molar-refractivity contribution in [1.29, 1.82) is 0 Å². The fourth-order valence-corrected chi connectivity index (χ4v) is 6.08. The highest BCUT2D eigenvalue weighted by atomic mass is 16.2. The van der Waals surface area contributed by atoms with Crippen molar-refractivity contribution >= 4 is 69.6 Å². The average molecular weight is 839 g/mol. The molecule has 316 valence electrons. The van der Waals surface area contributed by atoms with Crippen LogP contribution in [-0.4, -0.2) is 35.4 Å². The second-order valence-corrected chi connectivity index (χ2v) is 13.6. The Morgan fingerprint density at radius 1 is 0.413 bits per heavy atom. The van der Waals surface area contributed by atoms with Crippen molar-refractivity contribution in [2.45, 2.75) is 20.3 Å². The Morgan fingerprint density at radius 2 is 0.714 bits per heavy atom. The van der Waals surface area contributed by atoms with Gasteiger partial charge in [0.1, 0.15) is 0 Å². The number of hydrogen-bond donors (Lipinski definition) is 6. The van der Waals surface area contributed by atoms with Crippen LogP contribution in [0.1, 0.15) is 72.1 Å². The Bertz CT molecular complexity index is 2550. The first-order valence-corrected chi connectivity index (χ1v) is 19.8. The number of amides is 6. The van der Waals surface area contributed by atoms with E-state index in [4.69, 9.17) is 0 Å². The van der Waals surface area contributed by atoms with Gasteiger partial charge in [-0.1, -0.05) is 79.7 Å². The van der Waals surface area contributed by atoms with Crippen molar-refractivity contribution in [3.63, 3.8) is 0 Å². The molecule has 0 saturated heterocycles. The summed E-state index contributed by atoms with van der Waals surface area (Å²) in [6.07, 6.45) is 5.95. The van der Waals surface area contributed by atoms with E-state index >= 15 is 0 Å². The Hall–Kier alpha value is -8.64. The van der Waals surface area contributed by atoms with E-state index in [0.29, 0.717) is 57.2 Å². The molecule has 0 bridgehead atoms. The predicted octanol–water partition coefficient (Wildman–Crippen LogP) is 10.6. The van der Waals surface area contributed by atoms with Crippen LogP contribution in [0.2, 0.25) is 0 Å². The van der Waals surface area contributed by atoms with Crippen LogP contribution in [0.25, 0.3) is 0 Å². The molecule has 6 amide bonds. The van der Waals surface area contributed by atoms with Gasteiger partial charge in [0.25, 0.3) is 35.4 Å². The smallest absolute Gasteiger partial charge is 0.255 e. The third-order valence-corrected chi connectivity index (χ3v) is 8.96. The minimum atomic E-state index is -0.636. The zero-order chi connectivity index (χ0) is 45.1. The molecule has 0 fully saturated rings. The maximum Gasteiger partial charge on any atom is 0.255 e. The van der Waals surface area contributed by atoms with Crippen molar-refractivity contribution in [3.05, 3.63) is 216 Å². The molecule has 12 heteroatoms. The summed E-state index contributed by atoms with van der Waals surface area (Å²) in [5, 5.41) is 16.8. The first-order valence-electron chi connectivity index (χ1n) is 19.8. The topological polar surface area (TPSA) is 175 Å². The quantitative estimate of drug-likeness (QED) is 0.0362. The molecule has 0 saturated carbocycles. The molecule has 6 rings (SSSR count). The van der Waals surface area contributed by atoms with Gasteiger partial charge >= 0.3 is 0 Å². The molecule has 0 spiro atoms. The molecule has 0 aliphatic carbocycles. The SMILES string of the molecule is C/C=C\C(=C/CC)C(=O)Nc1cccc(NC(=O)c2cc(C(=O)Nc3cccc(NC(=O)c4ccccc4)c3)cc(C(=O)Nc3cccc(NC(=O)c4ccccc4)c3)c2)c1.C=C. The van der Waals surface area contributed by atoms with Gasteiger partial charge in [-0.05, 0) is 110 Å². The van der Waals surface area contributed by atoms with Crippen molar-refractivity contribution in [1.82, 2.24) is 0 Å². The lowest BCUT2D eigenvalue weighted by molar-refractivity contribution is -0.112. The number of rotatable bonds is 14. The molecule has 0 aliphatic rings. The largest absolute Gasteiger partial charge is 0.322 e. The number of allylic oxidation sites excluding steroid dienone is 2. The second-order valence-electron chi connectivity index (χ2n) is 13.6. The molecule has 6 N–H and O–H groups in total. The van der Waals surface area contributed by atoms with E-state index in [9.17, 15) is 28.8 Å². The fraction of sp³-hybridized carbons (Fsp3) is 0.0588. The number of hydrogen-bond acceptors (Lipinski definition) is 6. The van der Waals surface area contributed by atoms with Crippen LogP contribution in [0.3, 0.4) is 0 Å². The highest BCUT2D eigenvalue weighted by Crippen LogP contribution is 2.23. The van der Waals surface area contributed by atoms with E-state index in [-0.39, 0.29) is 34.4 Å². The second kappa shape index (κ2) is 22.7. The fourth-order valence-electron chi connectivity index (χ4n) is 6.08. The normalized spacial score (nSPS) is 10.7. The van der Waals surface area contributed by atoms with Gasteiger partial charge in [0, 0.05) is 67.5 Å². The van der Waals surface area contributed by atoms with Gasteiger partial charge in [0.2, 0.25) is 0 Å². The molecular formula is C51H46N6O6. The van der Waals surface area contributed by atoms with E-state index in [1.807, 2.05) is 13.8 Å². The Kier molecular flexibility index (Phi) is 16.3. The van der Waals surface area contributed by atoms with Gasteiger partial charge in [0.15, 0.2) is 0 Å². The van der Waals surface area contributed by atoms with Crippen LogP contribution in [0.15, 0.2) is 189 Å². The third-order valence-electron chi connectivity index (χ3n) is 8.96. The molecule has 63 heavy (non-hydrogen) atoms. The number of nitrogens with one attached hydrogen (secondary N) is 6. The lowest BCUT2D eigenvalue weighted by atomic mass is 10.0. The minimum Gasteiger partial charge on any atom is -0.322 e. The van der Waals surface area contributed by atoms with Crippen LogP contribution in [0.4, 0.5) is 34.1 Å². The van der Waals surface area contributed by atoms with E-state index in [2.05, 4.69) is 45.1 Å².